The second-order valence-corrected chi connectivity index (χ2v) is 5.68. The Labute approximate surface area is 123 Å². The Kier molecular flexibility index (Phi) is 4.52. The van der Waals surface area contributed by atoms with Crippen molar-refractivity contribution in [2.24, 2.45) is 5.73 Å². The number of hydrogen-bond acceptors (Lipinski definition) is 4. The van der Waals surface area contributed by atoms with Gasteiger partial charge in [0.2, 0.25) is 0 Å². The number of hydrogen-bond donors (Lipinski definition) is 3. The minimum atomic E-state index is -0.723. The topological polar surface area (TPSA) is 82.6 Å². The Bertz CT molecular complexity index is 501. The summed E-state index contributed by atoms with van der Waals surface area (Å²) in [6.07, 6.45) is 1.27. The number of halogens is 1. The smallest absolute Gasteiger partial charge is 0.124 e. The lowest BCUT2D eigenvalue weighted by atomic mass is 9.93. The molecule has 0 amide bonds. The lowest BCUT2D eigenvalue weighted by Gasteiger charge is -2.36. The fourth-order valence-corrected chi connectivity index (χ4v) is 2.68. The maximum absolute atomic E-state index is 10.5. The molecule has 110 valence electrons. The average molecular weight is 298 g/mol. The highest BCUT2D eigenvalue weighted by atomic mass is 35.5. The van der Waals surface area contributed by atoms with E-state index in [-0.39, 0.29) is 5.84 Å². The molecular formula is C14H20ClN3O2. The molecule has 20 heavy (non-hydrogen) atoms. The molecule has 1 aliphatic heterocycles. The molecule has 0 aliphatic carbocycles. The molecule has 1 fully saturated rings. The van der Waals surface area contributed by atoms with Gasteiger partial charge in [-0.15, -0.1) is 0 Å². The van der Waals surface area contributed by atoms with E-state index in [2.05, 4.69) is 0 Å². The molecule has 0 atom stereocenters. The predicted molar refractivity (Wildman–Crippen MR) is 80.7 cm³/mol. The first-order valence-electron chi connectivity index (χ1n) is 6.56. The fraction of sp³-hybridized carbons (Fsp3) is 0.500. The maximum Gasteiger partial charge on any atom is 0.124 e. The number of anilines is 1. The lowest BCUT2D eigenvalue weighted by Crippen LogP contribution is -2.45. The van der Waals surface area contributed by atoms with E-state index in [0.29, 0.717) is 43.2 Å². The number of ether oxygens (including phenoxy) is 1. The molecule has 2 rings (SSSR count). The molecule has 0 spiro atoms. The number of nitrogen functional groups attached to an aromatic ring is 1. The van der Waals surface area contributed by atoms with Crippen molar-refractivity contribution in [2.45, 2.75) is 18.4 Å². The van der Waals surface area contributed by atoms with Gasteiger partial charge in [0.05, 0.1) is 10.6 Å². The number of likely N-dealkylation sites (N-methyl/N-ethyl adjacent to an activating group) is 1. The van der Waals surface area contributed by atoms with Gasteiger partial charge in [0.1, 0.15) is 5.84 Å². The monoisotopic (exact) mass is 297 g/mol. The minimum absolute atomic E-state index is 0.0488. The number of nitrogens with one attached hydrogen (secondary N) is 1. The molecule has 0 aromatic heterocycles. The normalized spacial score (nSPS) is 17.8. The summed E-state index contributed by atoms with van der Waals surface area (Å²) in [6.45, 7) is 1.70. The summed E-state index contributed by atoms with van der Waals surface area (Å²) >= 11 is 6.12. The zero-order valence-electron chi connectivity index (χ0n) is 11.5. The van der Waals surface area contributed by atoms with Crippen molar-refractivity contribution >= 4 is 23.1 Å². The molecule has 1 aromatic rings. The van der Waals surface area contributed by atoms with Crippen molar-refractivity contribution in [3.05, 3.63) is 28.8 Å². The predicted octanol–water partition coefficient (Wildman–Crippen LogP) is 1.60. The SMILES string of the molecule is CN(CC1(O)CCOCC1)c1ccc(C(=N)N)c(Cl)c1. The van der Waals surface area contributed by atoms with Gasteiger partial charge in [0, 0.05) is 50.9 Å². The summed E-state index contributed by atoms with van der Waals surface area (Å²) < 4.78 is 5.28. The molecule has 1 aliphatic rings. The molecular weight excluding hydrogens is 278 g/mol. The largest absolute Gasteiger partial charge is 0.388 e. The Hall–Kier alpha value is -1.30. The summed E-state index contributed by atoms with van der Waals surface area (Å²) in [6, 6.07) is 5.34. The van der Waals surface area contributed by atoms with E-state index in [1.54, 1.807) is 12.1 Å². The number of benzene rings is 1. The van der Waals surface area contributed by atoms with Crippen LogP contribution in [0, 0.1) is 5.41 Å². The van der Waals surface area contributed by atoms with Crippen LogP contribution >= 0.6 is 11.6 Å². The zero-order chi connectivity index (χ0) is 14.8. The van der Waals surface area contributed by atoms with Crippen LogP contribution in [0.1, 0.15) is 18.4 Å². The van der Waals surface area contributed by atoms with Crippen molar-refractivity contribution in [3.63, 3.8) is 0 Å². The molecule has 1 heterocycles. The van der Waals surface area contributed by atoms with Crippen LogP contribution in [0.3, 0.4) is 0 Å². The van der Waals surface area contributed by atoms with Crippen molar-refractivity contribution in [1.29, 1.82) is 5.41 Å². The maximum atomic E-state index is 10.5. The van der Waals surface area contributed by atoms with E-state index in [9.17, 15) is 5.11 Å². The van der Waals surface area contributed by atoms with Crippen molar-refractivity contribution < 1.29 is 9.84 Å². The zero-order valence-corrected chi connectivity index (χ0v) is 12.3. The minimum Gasteiger partial charge on any atom is -0.388 e. The van der Waals surface area contributed by atoms with E-state index in [1.807, 2.05) is 18.0 Å². The summed E-state index contributed by atoms with van der Waals surface area (Å²) in [5.74, 6) is -0.0488. The quantitative estimate of drug-likeness (QED) is 0.582. The van der Waals surface area contributed by atoms with Crippen LogP contribution in [0.2, 0.25) is 5.02 Å². The lowest BCUT2D eigenvalue weighted by molar-refractivity contribution is -0.0572. The standard InChI is InChI=1S/C14H20ClN3O2/c1-18(9-14(19)4-6-20-7-5-14)10-2-3-11(13(16)17)12(15)8-10/h2-3,8,19H,4-7,9H2,1H3,(H3,16,17). The van der Waals surface area contributed by atoms with Crippen LogP contribution in [0.25, 0.3) is 0 Å². The third-order valence-electron chi connectivity index (χ3n) is 3.64. The van der Waals surface area contributed by atoms with Gasteiger partial charge in [-0.25, -0.2) is 0 Å². The third-order valence-corrected chi connectivity index (χ3v) is 3.95. The van der Waals surface area contributed by atoms with Gasteiger partial charge < -0.3 is 20.5 Å². The van der Waals surface area contributed by atoms with Crippen LogP contribution < -0.4 is 10.6 Å². The van der Waals surface area contributed by atoms with E-state index in [0.717, 1.165) is 5.69 Å². The van der Waals surface area contributed by atoms with Crippen LogP contribution in [-0.2, 0) is 4.74 Å². The van der Waals surface area contributed by atoms with Crippen molar-refractivity contribution in [3.8, 4) is 0 Å². The molecule has 0 bridgehead atoms. The first-order chi connectivity index (χ1) is 9.41. The summed E-state index contributed by atoms with van der Waals surface area (Å²) in [7, 11) is 1.91. The molecule has 4 N–H and O–H groups in total. The highest BCUT2D eigenvalue weighted by molar-refractivity contribution is 6.34. The second-order valence-electron chi connectivity index (χ2n) is 5.27. The molecule has 0 saturated carbocycles. The first-order valence-corrected chi connectivity index (χ1v) is 6.94. The van der Waals surface area contributed by atoms with E-state index in [1.165, 1.54) is 0 Å². The highest BCUT2D eigenvalue weighted by Gasteiger charge is 2.31. The molecule has 0 radical (unpaired) electrons. The number of nitrogens with two attached hydrogens (primary N) is 1. The van der Waals surface area contributed by atoms with Gasteiger partial charge >= 0.3 is 0 Å². The van der Waals surface area contributed by atoms with Gasteiger partial charge in [-0.3, -0.25) is 5.41 Å². The summed E-state index contributed by atoms with van der Waals surface area (Å²) in [5, 5.41) is 18.4. The molecule has 1 aromatic carbocycles. The van der Waals surface area contributed by atoms with Gasteiger partial charge in [-0.05, 0) is 18.2 Å². The number of amidine groups is 1. The van der Waals surface area contributed by atoms with Gasteiger partial charge in [0.15, 0.2) is 0 Å². The summed E-state index contributed by atoms with van der Waals surface area (Å²) in [5.41, 5.74) is 6.13. The first kappa shape index (κ1) is 15.1. The molecule has 6 heteroatoms. The molecule has 0 unspecified atom stereocenters. The second kappa shape index (κ2) is 5.99. The number of rotatable bonds is 4. The summed E-state index contributed by atoms with van der Waals surface area (Å²) in [4.78, 5) is 1.96. The number of nitrogens with zero attached hydrogens (tertiary/aromatic N) is 1. The highest BCUT2D eigenvalue weighted by Crippen LogP contribution is 2.27. The molecule has 5 nitrogen and oxygen atoms in total. The van der Waals surface area contributed by atoms with Crippen LogP contribution in [0.4, 0.5) is 5.69 Å². The number of aliphatic hydroxyl groups is 1. The van der Waals surface area contributed by atoms with Crippen molar-refractivity contribution in [2.75, 3.05) is 31.7 Å². The Balaban J connectivity index is 2.11. The van der Waals surface area contributed by atoms with Gasteiger partial charge in [0.25, 0.3) is 0 Å². The Morgan fingerprint density at radius 2 is 2.15 bits per heavy atom. The average Bonchev–Trinajstić information content (AvgIpc) is 2.38. The van der Waals surface area contributed by atoms with Gasteiger partial charge in [-0.1, -0.05) is 11.6 Å². The van der Waals surface area contributed by atoms with Crippen LogP contribution in [-0.4, -0.2) is 43.3 Å². The Morgan fingerprint density at radius 3 is 2.70 bits per heavy atom. The third kappa shape index (κ3) is 3.42. The van der Waals surface area contributed by atoms with Crippen molar-refractivity contribution in [1.82, 2.24) is 0 Å². The molecule has 1 saturated heterocycles. The fourth-order valence-electron chi connectivity index (χ4n) is 2.40. The van der Waals surface area contributed by atoms with E-state index in [4.69, 9.17) is 27.5 Å². The van der Waals surface area contributed by atoms with Gasteiger partial charge in [-0.2, -0.15) is 0 Å². The Morgan fingerprint density at radius 1 is 1.50 bits per heavy atom. The van der Waals surface area contributed by atoms with Crippen LogP contribution in [0.5, 0.6) is 0 Å². The van der Waals surface area contributed by atoms with Crippen LogP contribution in [0.15, 0.2) is 18.2 Å². The van der Waals surface area contributed by atoms with E-state index < -0.39 is 5.60 Å². The van der Waals surface area contributed by atoms with E-state index >= 15 is 0 Å².